The van der Waals surface area contributed by atoms with Gasteiger partial charge in [-0.3, -0.25) is 15.0 Å². The highest BCUT2D eigenvalue weighted by Crippen LogP contribution is 2.31. The predicted molar refractivity (Wildman–Crippen MR) is 117 cm³/mol. The Hall–Kier alpha value is -3.83. The van der Waals surface area contributed by atoms with Gasteiger partial charge in [0.1, 0.15) is 18.8 Å². The fourth-order valence-electron chi connectivity index (χ4n) is 3.88. The van der Waals surface area contributed by atoms with Crippen molar-refractivity contribution in [3.63, 3.8) is 0 Å². The van der Waals surface area contributed by atoms with Crippen LogP contribution in [0.25, 0.3) is 0 Å². The van der Waals surface area contributed by atoms with E-state index in [1.54, 1.807) is 60.7 Å². The number of carbonyl (C=O) groups is 4. The van der Waals surface area contributed by atoms with Crippen LogP contribution in [0.1, 0.15) is 20.7 Å². The third-order valence-corrected chi connectivity index (χ3v) is 5.64. The first kappa shape index (κ1) is 24.3. The minimum atomic E-state index is -1.98. The van der Waals surface area contributed by atoms with Gasteiger partial charge in [-0.1, -0.05) is 36.4 Å². The molecule has 2 aromatic rings. The lowest BCUT2D eigenvalue weighted by atomic mass is 10.1. The molecule has 0 aromatic heterocycles. The first-order valence-corrected chi connectivity index (χ1v) is 10.8. The van der Waals surface area contributed by atoms with Gasteiger partial charge in [0, 0.05) is 7.11 Å². The zero-order valence-corrected chi connectivity index (χ0v) is 18.7. The number of methoxy groups -OCH3 is 1. The molecule has 184 valence electrons. The second kappa shape index (κ2) is 10.6. The summed E-state index contributed by atoms with van der Waals surface area (Å²) < 4.78 is 36.5. The molecule has 10 nitrogen and oxygen atoms in total. The molecular formula is C24H23FN2O8. The van der Waals surface area contributed by atoms with Crippen LogP contribution in [0.5, 0.6) is 0 Å². The maximum Gasteiger partial charge on any atom is 0.338 e. The summed E-state index contributed by atoms with van der Waals surface area (Å²) in [6.45, 7) is -0.921. The largest absolute Gasteiger partial charge is 0.459 e. The highest BCUT2D eigenvalue weighted by atomic mass is 19.1. The molecule has 2 aliphatic rings. The smallest absolute Gasteiger partial charge is 0.338 e. The van der Waals surface area contributed by atoms with Crippen LogP contribution in [0.2, 0.25) is 0 Å². The Morgan fingerprint density at radius 3 is 2.20 bits per heavy atom. The summed E-state index contributed by atoms with van der Waals surface area (Å²) in [7, 11) is 1.31. The van der Waals surface area contributed by atoms with E-state index in [2.05, 4.69) is 0 Å². The van der Waals surface area contributed by atoms with Gasteiger partial charge in [0.2, 0.25) is 0 Å². The van der Waals surface area contributed by atoms with Gasteiger partial charge in [0.15, 0.2) is 18.5 Å². The number of halogens is 1. The fourth-order valence-corrected chi connectivity index (χ4v) is 3.88. The maximum atomic E-state index is 14.1. The SMILES string of the molecule is CO[C@@H]1[C@H](OC(=O)c2ccccc2)[C@@H](COC(=O)c2ccccc2)O[C@H]1N1CC(F)C(=O)NC1=O. The normalized spacial score (nSPS) is 26.2. The molecule has 35 heavy (non-hydrogen) atoms. The van der Waals surface area contributed by atoms with Crippen molar-refractivity contribution in [2.24, 2.45) is 0 Å². The minimum absolute atomic E-state index is 0.260. The van der Waals surface area contributed by atoms with Crippen molar-refractivity contribution in [3.05, 3.63) is 71.8 Å². The number of hydrogen-bond acceptors (Lipinski definition) is 8. The van der Waals surface area contributed by atoms with E-state index in [0.29, 0.717) is 5.56 Å². The zero-order valence-electron chi connectivity index (χ0n) is 18.7. The maximum absolute atomic E-state index is 14.1. The van der Waals surface area contributed by atoms with Gasteiger partial charge in [-0.15, -0.1) is 0 Å². The zero-order chi connectivity index (χ0) is 24.9. The molecule has 2 fully saturated rings. The van der Waals surface area contributed by atoms with Gasteiger partial charge in [0.25, 0.3) is 5.91 Å². The van der Waals surface area contributed by atoms with E-state index >= 15 is 0 Å². The lowest BCUT2D eigenvalue weighted by molar-refractivity contribution is -0.133. The van der Waals surface area contributed by atoms with E-state index in [1.165, 1.54) is 7.11 Å². The van der Waals surface area contributed by atoms with E-state index in [9.17, 15) is 23.6 Å². The number of alkyl halides is 1. The number of nitrogens with one attached hydrogen (secondary N) is 1. The second-order valence-corrected chi connectivity index (χ2v) is 7.88. The highest BCUT2D eigenvalue weighted by Gasteiger charge is 2.53. The first-order chi connectivity index (χ1) is 16.9. The van der Waals surface area contributed by atoms with Crippen LogP contribution in [0, 0.1) is 0 Å². The molecule has 0 aliphatic carbocycles. The summed E-state index contributed by atoms with van der Waals surface area (Å²) in [6.07, 6.45) is -6.43. The third-order valence-electron chi connectivity index (χ3n) is 5.64. The third kappa shape index (κ3) is 5.31. The molecule has 0 radical (unpaired) electrons. The summed E-state index contributed by atoms with van der Waals surface area (Å²) in [5, 5.41) is 1.91. The first-order valence-electron chi connectivity index (χ1n) is 10.8. The summed E-state index contributed by atoms with van der Waals surface area (Å²) in [5.74, 6) is -2.38. The van der Waals surface area contributed by atoms with Crippen LogP contribution in [-0.2, 0) is 23.7 Å². The minimum Gasteiger partial charge on any atom is -0.459 e. The van der Waals surface area contributed by atoms with Crippen LogP contribution >= 0.6 is 0 Å². The number of rotatable bonds is 7. The van der Waals surface area contributed by atoms with Gasteiger partial charge in [-0.2, -0.15) is 0 Å². The number of hydrogen-bond donors (Lipinski definition) is 1. The molecule has 2 saturated heterocycles. The van der Waals surface area contributed by atoms with Crippen LogP contribution < -0.4 is 5.32 Å². The van der Waals surface area contributed by atoms with Crippen LogP contribution in [0.3, 0.4) is 0 Å². The quantitative estimate of drug-likeness (QED) is 0.588. The number of nitrogens with zero attached hydrogens (tertiary/aromatic N) is 1. The Balaban J connectivity index is 1.55. The number of amides is 3. The number of ether oxygens (including phenoxy) is 4. The van der Waals surface area contributed by atoms with Gasteiger partial charge >= 0.3 is 18.0 Å². The summed E-state index contributed by atoms with van der Waals surface area (Å²) in [5.41, 5.74) is 0.563. The van der Waals surface area contributed by atoms with E-state index in [4.69, 9.17) is 18.9 Å². The van der Waals surface area contributed by atoms with Crippen molar-refractivity contribution in [2.45, 2.75) is 30.7 Å². The molecular weight excluding hydrogens is 463 g/mol. The van der Waals surface area contributed by atoms with Crippen molar-refractivity contribution in [2.75, 3.05) is 20.3 Å². The predicted octanol–water partition coefficient (Wildman–Crippen LogP) is 1.70. The molecule has 4 rings (SSSR count). The number of esters is 2. The Labute approximate surface area is 199 Å². The lowest BCUT2D eigenvalue weighted by Gasteiger charge is -2.35. The van der Waals surface area contributed by atoms with E-state index in [1.807, 2.05) is 5.32 Å². The molecule has 0 saturated carbocycles. The van der Waals surface area contributed by atoms with Gasteiger partial charge in [0.05, 0.1) is 17.7 Å². The summed E-state index contributed by atoms with van der Waals surface area (Å²) in [4.78, 5) is 50.1. The lowest BCUT2D eigenvalue weighted by Crippen LogP contribution is -2.61. The van der Waals surface area contributed by atoms with Crippen LogP contribution in [0.4, 0.5) is 9.18 Å². The van der Waals surface area contributed by atoms with Crippen molar-refractivity contribution >= 4 is 23.9 Å². The Bertz CT molecular complexity index is 1080. The summed E-state index contributed by atoms with van der Waals surface area (Å²) >= 11 is 0. The molecule has 5 atom stereocenters. The molecule has 1 unspecified atom stereocenters. The van der Waals surface area contributed by atoms with Crippen LogP contribution in [-0.4, -0.2) is 79.7 Å². The Morgan fingerprint density at radius 1 is 1.00 bits per heavy atom. The average molecular weight is 486 g/mol. The molecule has 3 amide bonds. The molecule has 2 aliphatic heterocycles. The van der Waals surface area contributed by atoms with E-state index in [0.717, 1.165) is 4.90 Å². The van der Waals surface area contributed by atoms with E-state index < -0.39 is 61.1 Å². The molecule has 2 heterocycles. The molecule has 0 bridgehead atoms. The Morgan fingerprint density at radius 2 is 1.60 bits per heavy atom. The highest BCUT2D eigenvalue weighted by molar-refractivity contribution is 5.99. The second-order valence-electron chi connectivity index (χ2n) is 7.88. The molecule has 11 heteroatoms. The number of urea groups is 1. The molecule has 2 aromatic carbocycles. The standard InChI is InChI=1S/C24H23FN2O8/c1-32-19-18(35-23(30)15-10-6-3-7-11-15)17(13-33-22(29)14-8-4-2-5-9-14)34-21(19)27-12-16(25)20(28)26-24(27)31/h2-11,16-19,21H,12-13H2,1H3,(H,26,28,31)/t16?,17-,18-,19-,21-/m1/s1. The van der Waals surface area contributed by atoms with Crippen molar-refractivity contribution in [1.82, 2.24) is 10.2 Å². The monoisotopic (exact) mass is 486 g/mol. The average Bonchev–Trinajstić information content (AvgIpc) is 3.22. The van der Waals surface area contributed by atoms with Crippen molar-refractivity contribution in [3.8, 4) is 0 Å². The topological polar surface area (TPSA) is 120 Å². The van der Waals surface area contributed by atoms with E-state index in [-0.39, 0.29) is 12.2 Å². The van der Waals surface area contributed by atoms with Gasteiger partial charge in [-0.25, -0.2) is 18.8 Å². The van der Waals surface area contributed by atoms with Gasteiger partial charge < -0.3 is 18.9 Å². The number of benzene rings is 2. The summed E-state index contributed by atoms with van der Waals surface area (Å²) in [6, 6.07) is 15.5. The number of carbonyl (C=O) groups excluding carboxylic acids is 4. The van der Waals surface area contributed by atoms with Crippen molar-refractivity contribution < 1.29 is 42.5 Å². The Kier molecular flexibility index (Phi) is 7.37. The van der Waals surface area contributed by atoms with Crippen LogP contribution in [0.15, 0.2) is 60.7 Å². The fraction of sp³-hybridized carbons (Fsp3) is 0.333. The van der Waals surface area contributed by atoms with Gasteiger partial charge in [-0.05, 0) is 24.3 Å². The number of imide groups is 1. The van der Waals surface area contributed by atoms with Crippen molar-refractivity contribution in [1.29, 1.82) is 0 Å². The molecule has 1 N–H and O–H groups in total. The molecule has 0 spiro atoms.